The average molecular weight is 523 g/mol. The second-order valence-corrected chi connectivity index (χ2v) is 11.1. The molecule has 0 bridgehead atoms. The largest absolute Gasteiger partial charge is 0.464 e. The molecule has 8 heteroatoms. The van der Waals surface area contributed by atoms with Crippen LogP contribution in [0.5, 0.6) is 0 Å². The Balaban J connectivity index is 1.60. The van der Waals surface area contributed by atoms with Crippen LogP contribution in [0.2, 0.25) is 0 Å². The smallest absolute Gasteiger partial charge is 0.242 e. The van der Waals surface area contributed by atoms with Gasteiger partial charge in [0.15, 0.2) is 5.43 Å². The van der Waals surface area contributed by atoms with E-state index in [2.05, 4.69) is 0 Å². The number of para-hydroxylation sites is 1. The van der Waals surface area contributed by atoms with Crippen molar-refractivity contribution in [3.8, 4) is 0 Å². The van der Waals surface area contributed by atoms with Crippen molar-refractivity contribution in [2.24, 2.45) is 5.41 Å². The highest BCUT2D eigenvalue weighted by atomic mass is 19.1. The maximum absolute atomic E-state index is 13.7. The summed E-state index contributed by atoms with van der Waals surface area (Å²) in [5, 5.41) is 0.430. The molecule has 1 aliphatic heterocycles. The third kappa shape index (κ3) is 7.28. The van der Waals surface area contributed by atoms with Crippen LogP contribution >= 0.6 is 0 Å². The molecule has 38 heavy (non-hydrogen) atoms. The molecule has 7 nitrogen and oxygen atoms in total. The van der Waals surface area contributed by atoms with Crippen LogP contribution in [0.25, 0.3) is 11.0 Å². The van der Waals surface area contributed by atoms with Gasteiger partial charge in [0.05, 0.1) is 36.4 Å². The van der Waals surface area contributed by atoms with Crippen LogP contribution in [0.3, 0.4) is 0 Å². The van der Waals surface area contributed by atoms with Gasteiger partial charge >= 0.3 is 0 Å². The molecule has 0 aliphatic carbocycles. The van der Waals surface area contributed by atoms with Crippen molar-refractivity contribution in [2.75, 3.05) is 19.7 Å². The molecule has 0 saturated carbocycles. The number of hydrogen-bond donors (Lipinski definition) is 0. The molecule has 4 rings (SSSR count). The van der Waals surface area contributed by atoms with E-state index in [1.54, 1.807) is 41.3 Å². The van der Waals surface area contributed by atoms with E-state index in [0.717, 1.165) is 12.8 Å². The fourth-order valence-electron chi connectivity index (χ4n) is 4.59. The summed E-state index contributed by atoms with van der Waals surface area (Å²) in [5.74, 6) is -0.812. The Morgan fingerprint density at radius 2 is 1.74 bits per heavy atom. The van der Waals surface area contributed by atoms with E-state index < -0.39 is 0 Å². The zero-order valence-corrected chi connectivity index (χ0v) is 22.2. The fraction of sp³-hybridized carbons (Fsp3) is 0.433. The molecule has 1 fully saturated rings. The zero-order chi connectivity index (χ0) is 27.3. The number of benzene rings is 2. The monoisotopic (exact) mass is 522 g/mol. The quantitative estimate of drug-likeness (QED) is 0.399. The van der Waals surface area contributed by atoms with E-state index in [4.69, 9.17) is 9.15 Å². The van der Waals surface area contributed by atoms with Crippen LogP contribution < -0.4 is 5.43 Å². The third-order valence-corrected chi connectivity index (χ3v) is 6.56. The Morgan fingerprint density at radius 3 is 2.42 bits per heavy atom. The van der Waals surface area contributed by atoms with Crippen molar-refractivity contribution >= 4 is 22.8 Å². The minimum atomic E-state index is -0.377. The predicted molar refractivity (Wildman–Crippen MR) is 143 cm³/mol. The first-order chi connectivity index (χ1) is 18.1. The molecule has 1 aromatic heterocycles. The second kappa shape index (κ2) is 11.9. The van der Waals surface area contributed by atoms with E-state index in [9.17, 15) is 18.8 Å². The lowest BCUT2D eigenvalue weighted by Gasteiger charge is -2.31. The summed E-state index contributed by atoms with van der Waals surface area (Å²) < 4.78 is 25.0. The van der Waals surface area contributed by atoms with Gasteiger partial charge in [-0.25, -0.2) is 4.39 Å². The lowest BCUT2D eigenvalue weighted by Crippen LogP contribution is -2.46. The highest BCUT2D eigenvalue weighted by molar-refractivity contribution is 5.85. The van der Waals surface area contributed by atoms with Crippen LogP contribution in [0.1, 0.15) is 51.2 Å². The number of rotatable bonds is 9. The number of carbonyl (C=O) groups is 2. The Kier molecular flexibility index (Phi) is 8.62. The fourth-order valence-corrected chi connectivity index (χ4v) is 4.59. The van der Waals surface area contributed by atoms with E-state index in [0.29, 0.717) is 41.7 Å². The van der Waals surface area contributed by atoms with Crippen LogP contribution in [-0.4, -0.2) is 47.4 Å². The third-order valence-electron chi connectivity index (χ3n) is 6.56. The van der Waals surface area contributed by atoms with Gasteiger partial charge in [-0.2, -0.15) is 0 Å². The molecule has 1 unspecified atom stereocenters. The summed E-state index contributed by atoms with van der Waals surface area (Å²) in [6.07, 6.45) is 3.33. The van der Waals surface area contributed by atoms with Crippen molar-refractivity contribution in [3.05, 3.63) is 82.0 Å². The molecular weight excluding hydrogens is 487 g/mol. The van der Waals surface area contributed by atoms with Gasteiger partial charge in [0.1, 0.15) is 11.4 Å². The maximum Gasteiger partial charge on any atom is 0.242 e. The minimum Gasteiger partial charge on any atom is -0.464 e. The Morgan fingerprint density at radius 1 is 1.00 bits per heavy atom. The number of amides is 2. The number of hydrogen-bond acceptors (Lipinski definition) is 5. The summed E-state index contributed by atoms with van der Waals surface area (Å²) in [6.45, 7) is 6.92. The van der Waals surface area contributed by atoms with Crippen LogP contribution in [0.4, 0.5) is 4.39 Å². The molecular formula is C30H35FN2O5. The van der Waals surface area contributed by atoms with Gasteiger partial charge in [-0.05, 0) is 48.1 Å². The Bertz CT molecular complexity index is 1320. The molecule has 2 heterocycles. The second-order valence-electron chi connectivity index (χ2n) is 11.1. The van der Waals surface area contributed by atoms with Gasteiger partial charge < -0.3 is 19.0 Å². The standard InChI is InChI=1S/C30H35FN2O5/c1-30(2,3)15-27(34)33(18-24-7-6-14-37-24)19-28(35)32(16-21-10-12-23(31)13-11-21)17-22-20-38-26-9-5-4-8-25(26)29(22)36/h4-5,8-13,20,24H,6-7,14-19H2,1-3H3. The highest BCUT2D eigenvalue weighted by Crippen LogP contribution is 2.22. The Labute approximate surface area is 222 Å². The first-order valence-electron chi connectivity index (χ1n) is 13.0. The van der Waals surface area contributed by atoms with Gasteiger partial charge in [-0.3, -0.25) is 14.4 Å². The molecule has 0 spiro atoms. The first kappa shape index (κ1) is 27.5. The average Bonchev–Trinajstić information content (AvgIpc) is 3.38. The van der Waals surface area contributed by atoms with Gasteiger partial charge in [0.2, 0.25) is 11.8 Å². The van der Waals surface area contributed by atoms with Crippen molar-refractivity contribution in [3.63, 3.8) is 0 Å². The van der Waals surface area contributed by atoms with E-state index in [-0.39, 0.29) is 54.2 Å². The van der Waals surface area contributed by atoms with Crippen molar-refractivity contribution in [1.29, 1.82) is 0 Å². The molecule has 2 amide bonds. The number of nitrogens with zero attached hydrogens (tertiary/aromatic N) is 2. The van der Waals surface area contributed by atoms with Gasteiger partial charge in [-0.1, -0.05) is 45.0 Å². The van der Waals surface area contributed by atoms with Crippen LogP contribution in [0.15, 0.2) is 64.0 Å². The first-order valence-corrected chi connectivity index (χ1v) is 13.0. The SMILES string of the molecule is CC(C)(C)CC(=O)N(CC(=O)N(Cc1ccc(F)cc1)Cc1coc2ccccc2c1=O)CC1CCCO1. The highest BCUT2D eigenvalue weighted by Gasteiger charge is 2.29. The topological polar surface area (TPSA) is 80.1 Å². The van der Waals surface area contributed by atoms with E-state index in [1.807, 2.05) is 20.8 Å². The molecule has 1 saturated heterocycles. The van der Waals surface area contributed by atoms with Gasteiger partial charge in [0, 0.05) is 26.1 Å². The van der Waals surface area contributed by atoms with Gasteiger partial charge in [0.25, 0.3) is 0 Å². The molecule has 2 aromatic carbocycles. The summed E-state index contributed by atoms with van der Waals surface area (Å²) in [5.41, 5.74) is 1.03. The van der Waals surface area contributed by atoms with Crippen LogP contribution in [-0.2, 0) is 27.4 Å². The van der Waals surface area contributed by atoms with Crippen molar-refractivity contribution in [1.82, 2.24) is 9.80 Å². The van der Waals surface area contributed by atoms with Crippen molar-refractivity contribution in [2.45, 2.75) is 59.2 Å². The zero-order valence-electron chi connectivity index (χ0n) is 22.2. The van der Waals surface area contributed by atoms with Crippen molar-refractivity contribution < 1.29 is 23.1 Å². The number of halogens is 1. The normalized spacial score (nSPS) is 15.5. The molecule has 1 atom stereocenters. The van der Waals surface area contributed by atoms with Crippen LogP contribution in [0, 0.1) is 11.2 Å². The predicted octanol–water partition coefficient (Wildman–Crippen LogP) is 4.90. The maximum atomic E-state index is 13.7. The lowest BCUT2D eigenvalue weighted by atomic mass is 9.91. The lowest BCUT2D eigenvalue weighted by molar-refractivity contribution is -0.143. The number of ether oxygens (including phenoxy) is 1. The molecule has 3 aromatic rings. The summed E-state index contributed by atoms with van der Waals surface area (Å²) in [6, 6.07) is 12.8. The summed E-state index contributed by atoms with van der Waals surface area (Å²) >= 11 is 0. The van der Waals surface area contributed by atoms with Gasteiger partial charge in [-0.15, -0.1) is 0 Å². The molecule has 0 radical (unpaired) electrons. The summed E-state index contributed by atoms with van der Waals surface area (Å²) in [7, 11) is 0. The number of carbonyl (C=O) groups excluding carboxylic acids is 2. The Hall–Kier alpha value is -3.52. The molecule has 0 N–H and O–H groups in total. The van der Waals surface area contributed by atoms with E-state index >= 15 is 0 Å². The number of fused-ring (bicyclic) bond motifs is 1. The summed E-state index contributed by atoms with van der Waals surface area (Å²) in [4.78, 5) is 43.2. The molecule has 1 aliphatic rings. The molecule has 202 valence electrons. The minimum absolute atomic E-state index is 0.00932. The van der Waals surface area contributed by atoms with E-state index in [1.165, 1.54) is 23.3 Å².